The molecule has 0 saturated carbocycles. The van der Waals surface area contributed by atoms with Crippen molar-refractivity contribution in [1.29, 1.82) is 0 Å². The van der Waals surface area contributed by atoms with Gasteiger partial charge >= 0.3 is 0 Å². The molecule has 0 aromatic carbocycles. The number of hydrogen-bond acceptors (Lipinski definition) is 6. The monoisotopic (exact) mass is 406 g/mol. The van der Waals surface area contributed by atoms with Crippen molar-refractivity contribution in [2.24, 2.45) is 0 Å². The van der Waals surface area contributed by atoms with E-state index < -0.39 is 0 Å². The number of aromatic nitrogens is 1. The van der Waals surface area contributed by atoms with Gasteiger partial charge in [-0.2, -0.15) is 0 Å². The molecule has 2 N–H and O–H groups in total. The lowest BCUT2D eigenvalue weighted by molar-refractivity contribution is -0.120. The van der Waals surface area contributed by atoms with Gasteiger partial charge in [0.05, 0.1) is 17.0 Å². The number of piperazine rings is 1. The lowest BCUT2D eigenvalue weighted by Crippen LogP contribution is -2.44. The van der Waals surface area contributed by atoms with E-state index in [1.165, 1.54) is 0 Å². The summed E-state index contributed by atoms with van der Waals surface area (Å²) in [6, 6.07) is 3.91. The van der Waals surface area contributed by atoms with Crippen LogP contribution in [0.4, 0.5) is 0 Å². The molecular formula is C16H24Cl2N4O2S. The topological polar surface area (TPSA) is 70.4 Å². The van der Waals surface area contributed by atoms with E-state index in [1.54, 1.807) is 17.6 Å². The van der Waals surface area contributed by atoms with E-state index in [-0.39, 0.29) is 37.1 Å². The number of nitrogens with zero attached hydrogens (tertiary/aromatic N) is 2. The smallest absolute Gasteiger partial charge is 0.236 e. The van der Waals surface area contributed by atoms with E-state index in [9.17, 15) is 4.79 Å². The molecule has 9 heteroatoms. The fraction of sp³-hybridized carbons (Fsp3) is 0.500. The first kappa shape index (κ1) is 21.9. The second-order valence-corrected chi connectivity index (χ2v) is 6.54. The SMILES string of the molecule is Cl.Cl.O=C(Cc1coc(-c2cccs2)n1)NCCCN1CCNCC1. The van der Waals surface area contributed by atoms with Gasteiger partial charge in [-0.1, -0.05) is 6.07 Å². The minimum atomic E-state index is -0.00339. The molecule has 1 saturated heterocycles. The minimum Gasteiger partial charge on any atom is -0.444 e. The Bertz CT molecular complexity index is 615. The largest absolute Gasteiger partial charge is 0.444 e. The number of nitrogens with one attached hydrogen (secondary N) is 2. The highest BCUT2D eigenvalue weighted by atomic mass is 35.5. The predicted molar refractivity (Wildman–Crippen MR) is 105 cm³/mol. The number of thiophene rings is 1. The van der Waals surface area contributed by atoms with Crippen molar-refractivity contribution in [3.05, 3.63) is 29.5 Å². The molecule has 2 aromatic rings. The van der Waals surface area contributed by atoms with E-state index in [0.717, 1.165) is 44.0 Å². The van der Waals surface area contributed by atoms with Crippen LogP contribution < -0.4 is 10.6 Å². The van der Waals surface area contributed by atoms with E-state index in [0.29, 0.717) is 18.1 Å². The zero-order valence-corrected chi connectivity index (χ0v) is 16.4. The number of rotatable bonds is 7. The van der Waals surface area contributed by atoms with Crippen LogP contribution in [0.5, 0.6) is 0 Å². The van der Waals surface area contributed by atoms with Crippen molar-refractivity contribution in [1.82, 2.24) is 20.5 Å². The van der Waals surface area contributed by atoms with Gasteiger partial charge in [0.1, 0.15) is 6.26 Å². The Labute approximate surface area is 164 Å². The summed E-state index contributed by atoms with van der Waals surface area (Å²) in [5.74, 6) is 0.581. The van der Waals surface area contributed by atoms with E-state index in [2.05, 4.69) is 20.5 Å². The van der Waals surface area contributed by atoms with Gasteiger partial charge in [-0.05, 0) is 24.4 Å². The Balaban J connectivity index is 0.00000156. The molecule has 6 nitrogen and oxygen atoms in total. The summed E-state index contributed by atoms with van der Waals surface area (Å²) in [4.78, 5) is 19.7. The number of carbonyl (C=O) groups excluding carboxylic acids is 1. The molecule has 1 aliphatic heterocycles. The second kappa shape index (κ2) is 11.5. The third-order valence-corrected chi connectivity index (χ3v) is 4.67. The highest BCUT2D eigenvalue weighted by Gasteiger charge is 2.12. The standard InChI is InChI=1S/C16H22N4O2S.2ClH/c21-15(18-4-2-7-20-8-5-17-6-9-20)11-13-12-22-16(19-13)14-3-1-10-23-14;;/h1,3,10,12,17H,2,4-9,11H2,(H,18,21);2*1H. The summed E-state index contributed by atoms with van der Waals surface area (Å²) in [7, 11) is 0. The van der Waals surface area contributed by atoms with Gasteiger partial charge in [0.2, 0.25) is 11.8 Å². The first-order chi connectivity index (χ1) is 11.3. The van der Waals surface area contributed by atoms with Crippen LogP contribution in [0.15, 0.2) is 28.2 Å². The van der Waals surface area contributed by atoms with Crippen molar-refractivity contribution in [2.45, 2.75) is 12.8 Å². The van der Waals surface area contributed by atoms with Gasteiger partial charge < -0.3 is 20.0 Å². The van der Waals surface area contributed by atoms with E-state index >= 15 is 0 Å². The molecule has 0 spiro atoms. The van der Waals surface area contributed by atoms with Crippen LogP contribution in [-0.2, 0) is 11.2 Å². The molecule has 3 heterocycles. The molecule has 140 valence electrons. The summed E-state index contributed by atoms with van der Waals surface area (Å²) >= 11 is 1.57. The molecule has 0 bridgehead atoms. The molecule has 0 radical (unpaired) electrons. The van der Waals surface area contributed by atoms with Crippen LogP contribution in [0.3, 0.4) is 0 Å². The molecule has 0 aliphatic carbocycles. The number of halogens is 2. The van der Waals surface area contributed by atoms with Crippen molar-refractivity contribution >= 4 is 42.1 Å². The normalized spacial score (nSPS) is 14.4. The molecular weight excluding hydrogens is 383 g/mol. The lowest BCUT2D eigenvalue weighted by Gasteiger charge is -2.27. The summed E-state index contributed by atoms with van der Waals surface area (Å²) in [5, 5.41) is 8.27. The molecule has 25 heavy (non-hydrogen) atoms. The minimum absolute atomic E-state index is 0. The average Bonchev–Trinajstić information content (AvgIpc) is 3.24. The maximum Gasteiger partial charge on any atom is 0.236 e. The van der Waals surface area contributed by atoms with Gasteiger partial charge in [0, 0.05) is 32.7 Å². The third-order valence-electron chi connectivity index (χ3n) is 3.81. The zero-order chi connectivity index (χ0) is 15.9. The Morgan fingerprint density at radius 3 is 2.88 bits per heavy atom. The van der Waals surface area contributed by atoms with Gasteiger partial charge in [0.15, 0.2) is 0 Å². The van der Waals surface area contributed by atoms with Crippen LogP contribution in [0.2, 0.25) is 0 Å². The lowest BCUT2D eigenvalue weighted by atomic mass is 10.3. The quantitative estimate of drug-likeness (QED) is 0.689. The summed E-state index contributed by atoms with van der Waals surface area (Å²) < 4.78 is 5.42. The Hall–Kier alpha value is -1.12. The van der Waals surface area contributed by atoms with Gasteiger partial charge in [-0.15, -0.1) is 36.2 Å². The van der Waals surface area contributed by atoms with Crippen molar-refractivity contribution in [3.8, 4) is 10.8 Å². The molecule has 2 aromatic heterocycles. The molecule has 0 unspecified atom stereocenters. The summed E-state index contributed by atoms with van der Waals surface area (Å²) in [5.41, 5.74) is 0.674. The number of carbonyl (C=O) groups is 1. The van der Waals surface area contributed by atoms with Crippen molar-refractivity contribution in [3.63, 3.8) is 0 Å². The van der Waals surface area contributed by atoms with Gasteiger partial charge in [0.25, 0.3) is 0 Å². The number of amides is 1. The fourth-order valence-corrected chi connectivity index (χ4v) is 3.25. The first-order valence-corrected chi connectivity index (χ1v) is 8.87. The highest BCUT2D eigenvalue weighted by Crippen LogP contribution is 2.23. The Morgan fingerprint density at radius 2 is 2.16 bits per heavy atom. The number of oxazole rings is 1. The van der Waals surface area contributed by atoms with Crippen molar-refractivity contribution in [2.75, 3.05) is 39.3 Å². The van der Waals surface area contributed by atoms with Crippen LogP contribution in [0, 0.1) is 0 Å². The van der Waals surface area contributed by atoms with Crippen LogP contribution in [0.1, 0.15) is 12.1 Å². The third kappa shape index (κ3) is 6.95. The van der Waals surface area contributed by atoms with E-state index in [1.807, 2.05) is 17.5 Å². The summed E-state index contributed by atoms with van der Waals surface area (Å²) in [6.07, 6.45) is 2.81. The van der Waals surface area contributed by atoms with E-state index in [4.69, 9.17) is 4.42 Å². The van der Waals surface area contributed by atoms with Crippen LogP contribution in [0.25, 0.3) is 10.8 Å². The Kier molecular flexibility index (Phi) is 10.1. The first-order valence-electron chi connectivity index (χ1n) is 7.99. The average molecular weight is 407 g/mol. The molecule has 0 atom stereocenters. The molecule has 1 fully saturated rings. The maximum absolute atomic E-state index is 11.9. The fourth-order valence-electron chi connectivity index (χ4n) is 2.59. The second-order valence-electron chi connectivity index (χ2n) is 5.59. The molecule has 3 rings (SSSR count). The zero-order valence-electron chi connectivity index (χ0n) is 13.9. The van der Waals surface area contributed by atoms with Crippen molar-refractivity contribution < 1.29 is 9.21 Å². The van der Waals surface area contributed by atoms with Crippen LogP contribution in [-0.4, -0.2) is 55.1 Å². The summed E-state index contributed by atoms with van der Waals surface area (Å²) in [6.45, 7) is 6.06. The van der Waals surface area contributed by atoms with Crippen LogP contribution >= 0.6 is 36.2 Å². The number of hydrogen-bond donors (Lipinski definition) is 2. The molecule has 1 aliphatic rings. The van der Waals surface area contributed by atoms with Gasteiger partial charge in [-0.25, -0.2) is 4.98 Å². The Morgan fingerprint density at radius 1 is 1.36 bits per heavy atom. The van der Waals surface area contributed by atoms with Gasteiger partial charge in [-0.3, -0.25) is 4.79 Å². The predicted octanol–water partition coefficient (Wildman–Crippen LogP) is 2.20. The highest BCUT2D eigenvalue weighted by molar-refractivity contribution is 7.13. The molecule has 1 amide bonds. The maximum atomic E-state index is 11.9.